The molecule has 0 spiro atoms. The fourth-order valence-corrected chi connectivity index (χ4v) is 5.68. The van der Waals surface area contributed by atoms with Crippen LogP contribution in [0.4, 0.5) is 13.2 Å². The fraction of sp³-hybridized carbons (Fsp3) is 0.552. The second kappa shape index (κ2) is 10.3. The van der Waals surface area contributed by atoms with Gasteiger partial charge >= 0.3 is 6.18 Å². The molecule has 6 heteroatoms. The van der Waals surface area contributed by atoms with Crippen LogP contribution >= 0.6 is 0 Å². The van der Waals surface area contributed by atoms with E-state index in [2.05, 4.69) is 55.8 Å². The predicted molar refractivity (Wildman–Crippen MR) is 139 cm³/mol. The Balaban J connectivity index is 1.72. The van der Waals surface area contributed by atoms with Gasteiger partial charge in [0.05, 0.1) is 5.57 Å². The maximum absolute atomic E-state index is 13.8. The van der Waals surface area contributed by atoms with Gasteiger partial charge in [-0.05, 0) is 97.9 Å². The smallest absolute Gasteiger partial charge is 0.354 e. The zero-order valence-electron chi connectivity index (χ0n) is 21.4. The van der Waals surface area contributed by atoms with E-state index in [1.807, 2.05) is 6.08 Å². The average Bonchev–Trinajstić information content (AvgIpc) is 3.14. The fourth-order valence-electron chi connectivity index (χ4n) is 5.68. The molecule has 0 radical (unpaired) electrons. The molecule has 2 aromatic rings. The number of aromatic amines is 1. The first-order valence-electron chi connectivity index (χ1n) is 13.0. The van der Waals surface area contributed by atoms with Crippen molar-refractivity contribution < 1.29 is 13.2 Å². The molecule has 0 bridgehead atoms. The standard InChI is InChI=1S/C29H38F3N3/c1-18(2)17-35-13-11-20(12-14-35)21-9-10-26-23(15-21)27(19(3)4)28(34-26)22-7-5-6-8-25(33)24(16-22)29(30,31)32/h7,9-10,15-16,18-20,33-34H,5-6,8,11-14,17H2,1-4H3. The first-order valence-corrected chi connectivity index (χ1v) is 13.0. The van der Waals surface area contributed by atoms with Crippen molar-refractivity contribution in [2.24, 2.45) is 5.92 Å². The maximum atomic E-state index is 13.8. The first kappa shape index (κ1) is 25.7. The molecular weight excluding hydrogens is 447 g/mol. The molecule has 2 aliphatic rings. The number of fused-ring (bicyclic) bond motifs is 1. The van der Waals surface area contributed by atoms with Crippen molar-refractivity contribution in [2.75, 3.05) is 19.6 Å². The molecule has 1 aromatic carbocycles. The molecule has 0 unspecified atom stereocenters. The molecule has 1 aromatic heterocycles. The van der Waals surface area contributed by atoms with Crippen molar-refractivity contribution in [1.29, 1.82) is 5.41 Å². The van der Waals surface area contributed by atoms with Crippen LogP contribution in [0.15, 0.2) is 35.9 Å². The lowest BCUT2D eigenvalue weighted by Crippen LogP contribution is -2.35. The Bertz CT molecular complexity index is 1130. The summed E-state index contributed by atoms with van der Waals surface area (Å²) in [5.41, 5.74) is 3.51. The number of hydrogen-bond acceptors (Lipinski definition) is 2. The summed E-state index contributed by atoms with van der Waals surface area (Å²) in [6, 6.07) is 6.56. The number of likely N-dealkylation sites (tertiary alicyclic amines) is 1. The summed E-state index contributed by atoms with van der Waals surface area (Å²) in [5.74, 6) is 1.34. The summed E-state index contributed by atoms with van der Waals surface area (Å²) in [6.07, 6.45) is 2.19. The van der Waals surface area contributed by atoms with Crippen LogP contribution in [0.5, 0.6) is 0 Å². The monoisotopic (exact) mass is 485 g/mol. The largest absolute Gasteiger partial charge is 0.418 e. The Hall–Kier alpha value is -2.34. The van der Waals surface area contributed by atoms with E-state index in [0.29, 0.717) is 30.3 Å². The quantitative estimate of drug-likeness (QED) is 0.440. The highest BCUT2D eigenvalue weighted by atomic mass is 19.4. The van der Waals surface area contributed by atoms with E-state index in [4.69, 9.17) is 5.41 Å². The van der Waals surface area contributed by atoms with Crippen molar-refractivity contribution in [3.05, 3.63) is 52.7 Å². The molecule has 3 nitrogen and oxygen atoms in total. The van der Waals surface area contributed by atoms with Gasteiger partial charge in [0.15, 0.2) is 0 Å². The molecule has 1 saturated heterocycles. The Morgan fingerprint density at radius 2 is 1.83 bits per heavy atom. The highest BCUT2D eigenvalue weighted by Crippen LogP contribution is 2.39. The minimum Gasteiger partial charge on any atom is -0.354 e. The Morgan fingerprint density at radius 3 is 2.46 bits per heavy atom. The minimum atomic E-state index is -4.53. The lowest BCUT2D eigenvalue weighted by molar-refractivity contribution is -0.0862. The van der Waals surface area contributed by atoms with Gasteiger partial charge in [0, 0.05) is 28.9 Å². The third kappa shape index (κ3) is 5.74. The van der Waals surface area contributed by atoms with E-state index in [1.54, 1.807) is 0 Å². The molecule has 2 heterocycles. The van der Waals surface area contributed by atoms with E-state index in [0.717, 1.165) is 54.6 Å². The third-order valence-corrected chi connectivity index (χ3v) is 7.34. The van der Waals surface area contributed by atoms with Gasteiger partial charge in [-0.15, -0.1) is 0 Å². The first-order chi connectivity index (χ1) is 16.5. The van der Waals surface area contributed by atoms with E-state index in [9.17, 15) is 13.2 Å². The van der Waals surface area contributed by atoms with Gasteiger partial charge in [-0.25, -0.2) is 0 Å². The van der Waals surface area contributed by atoms with Gasteiger partial charge in [0.1, 0.15) is 0 Å². The zero-order chi connectivity index (χ0) is 25.3. The number of rotatable bonds is 5. The van der Waals surface area contributed by atoms with Crippen LogP contribution in [0, 0.1) is 11.3 Å². The third-order valence-electron chi connectivity index (χ3n) is 7.34. The number of allylic oxidation sites excluding steroid dienone is 4. The van der Waals surface area contributed by atoms with Gasteiger partial charge in [0.2, 0.25) is 0 Å². The zero-order valence-corrected chi connectivity index (χ0v) is 21.4. The molecule has 35 heavy (non-hydrogen) atoms. The number of hydrogen-bond donors (Lipinski definition) is 2. The van der Waals surface area contributed by atoms with Crippen molar-refractivity contribution in [2.45, 2.75) is 77.8 Å². The normalized spacial score (nSPS) is 19.3. The molecule has 4 rings (SSSR count). The van der Waals surface area contributed by atoms with Crippen LogP contribution in [0.3, 0.4) is 0 Å². The summed E-state index contributed by atoms with van der Waals surface area (Å²) >= 11 is 0. The van der Waals surface area contributed by atoms with Crippen LogP contribution in [0.2, 0.25) is 0 Å². The summed E-state index contributed by atoms with van der Waals surface area (Å²) in [7, 11) is 0. The lowest BCUT2D eigenvalue weighted by Gasteiger charge is -2.33. The average molecular weight is 486 g/mol. The van der Waals surface area contributed by atoms with Gasteiger partial charge in [-0.1, -0.05) is 39.8 Å². The van der Waals surface area contributed by atoms with Crippen LogP contribution in [-0.2, 0) is 0 Å². The van der Waals surface area contributed by atoms with E-state index in [-0.39, 0.29) is 18.1 Å². The van der Waals surface area contributed by atoms with Crippen LogP contribution in [0.25, 0.3) is 16.5 Å². The van der Waals surface area contributed by atoms with Crippen molar-refractivity contribution in [3.8, 4) is 0 Å². The topological polar surface area (TPSA) is 42.9 Å². The molecule has 190 valence electrons. The molecule has 0 saturated carbocycles. The predicted octanol–water partition coefficient (Wildman–Crippen LogP) is 8.20. The number of halogens is 3. The number of piperidine rings is 1. The number of alkyl halides is 3. The van der Waals surface area contributed by atoms with Crippen molar-refractivity contribution >= 4 is 22.2 Å². The summed E-state index contributed by atoms with van der Waals surface area (Å²) < 4.78 is 41.3. The number of nitrogens with one attached hydrogen (secondary N) is 2. The summed E-state index contributed by atoms with van der Waals surface area (Å²) in [5, 5.41) is 9.11. The van der Waals surface area contributed by atoms with Crippen LogP contribution in [-0.4, -0.2) is 41.4 Å². The molecule has 1 aliphatic heterocycles. The highest BCUT2D eigenvalue weighted by Gasteiger charge is 2.37. The highest BCUT2D eigenvalue weighted by molar-refractivity contribution is 6.02. The van der Waals surface area contributed by atoms with E-state index in [1.165, 1.54) is 11.6 Å². The molecule has 1 fully saturated rings. The van der Waals surface area contributed by atoms with Crippen molar-refractivity contribution in [1.82, 2.24) is 9.88 Å². The van der Waals surface area contributed by atoms with Gasteiger partial charge in [-0.3, -0.25) is 0 Å². The maximum Gasteiger partial charge on any atom is 0.418 e. The van der Waals surface area contributed by atoms with Gasteiger partial charge < -0.3 is 15.3 Å². The molecule has 0 amide bonds. The summed E-state index contributed by atoms with van der Waals surface area (Å²) in [4.78, 5) is 6.00. The lowest BCUT2D eigenvalue weighted by atomic mass is 9.87. The van der Waals surface area contributed by atoms with E-state index < -0.39 is 11.7 Å². The van der Waals surface area contributed by atoms with Crippen LogP contribution in [0.1, 0.15) is 88.5 Å². The Labute approximate surface area is 207 Å². The van der Waals surface area contributed by atoms with Crippen LogP contribution < -0.4 is 0 Å². The molecule has 2 N–H and O–H groups in total. The number of aromatic nitrogens is 1. The van der Waals surface area contributed by atoms with Gasteiger partial charge in [-0.2, -0.15) is 13.2 Å². The minimum absolute atomic E-state index is 0.149. The number of benzene rings is 1. The number of nitrogens with zero attached hydrogens (tertiary/aromatic N) is 1. The molecule has 0 atom stereocenters. The van der Waals surface area contributed by atoms with E-state index >= 15 is 0 Å². The SMILES string of the molecule is CC(C)CN1CCC(c2ccc3[nH]c(C4=CCCCC(=N)C(C(F)(F)F)=C4)c(C(C)C)c3c2)CC1. The molecule has 1 aliphatic carbocycles. The number of H-pyrrole nitrogens is 1. The second-order valence-electron chi connectivity index (χ2n) is 10.9. The Kier molecular flexibility index (Phi) is 7.60. The van der Waals surface area contributed by atoms with Crippen molar-refractivity contribution in [3.63, 3.8) is 0 Å². The summed E-state index contributed by atoms with van der Waals surface area (Å²) in [6.45, 7) is 12.1. The second-order valence-corrected chi connectivity index (χ2v) is 10.9. The Morgan fingerprint density at radius 1 is 1.11 bits per heavy atom. The molecular formula is C29H38F3N3. The van der Waals surface area contributed by atoms with Gasteiger partial charge in [0.25, 0.3) is 0 Å².